The topological polar surface area (TPSA) is 141 Å². The number of Topliss-reactive ketones (excluding diaryl/α,β-unsaturated/α-hetero) is 1. The van der Waals surface area contributed by atoms with E-state index in [4.69, 9.17) is 10.8 Å². The lowest BCUT2D eigenvalue weighted by Gasteiger charge is -2.43. The maximum absolute atomic E-state index is 13.6. The summed E-state index contributed by atoms with van der Waals surface area (Å²) in [6, 6.07) is -3.40. The lowest BCUT2D eigenvalue weighted by molar-refractivity contribution is -0.149. The van der Waals surface area contributed by atoms with E-state index >= 15 is 0 Å². The summed E-state index contributed by atoms with van der Waals surface area (Å²) in [6.07, 6.45) is 2.79. The molecule has 32 heavy (non-hydrogen) atoms. The first-order valence-corrected chi connectivity index (χ1v) is 11.5. The van der Waals surface area contributed by atoms with Gasteiger partial charge in [-0.1, -0.05) is 27.7 Å². The van der Waals surface area contributed by atoms with Crippen molar-refractivity contribution in [1.82, 2.24) is 9.80 Å². The second-order valence-electron chi connectivity index (χ2n) is 10.4. The van der Waals surface area contributed by atoms with Crippen LogP contribution in [-0.4, -0.2) is 74.5 Å². The van der Waals surface area contributed by atoms with Crippen molar-refractivity contribution >= 4 is 23.7 Å². The molecule has 3 amide bonds. The van der Waals surface area contributed by atoms with Crippen LogP contribution in [0.4, 0.5) is 4.79 Å². The molecular weight excluding hydrogens is 414 g/mol. The summed E-state index contributed by atoms with van der Waals surface area (Å²) >= 11 is 0. The van der Waals surface area contributed by atoms with Gasteiger partial charge in [0.25, 0.3) is 0 Å². The van der Waals surface area contributed by atoms with Crippen LogP contribution < -0.4 is 5.73 Å². The van der Waals surface area contributed by atoms with Crippen molar-refractivity contribution in [1.29, 1.82) is 0 Å². The largest absolute Gasteiger partial charge is 0.480 e. The second-order valence-corrected chi connectivity index (χ2v) is 10.4. The monoisotopic (exact) mass is 455 g/mol. The number of carbonyl (C=O) groups is 4. The Labute approximate surface area is 191 Å². The van der Waals surface area contributed by atoms with Crippen molar-refractivity contribution < 1.29 is 29.4 Å². The van der Waals surface area contributed by atoms with Crippen LogP contribution in [-0.2, 0) is 14.4 Å². The van der Waals surface area contributed by atoms with Gasteiger partial charge in [0.15, 0.2) is 5.78 Å². The number of aliphatic carboxylic acids is 1. The lowest BCUT2D eigenvalue weighted by Crippen LogP contribution is -2.61. The average molecular weight is 456 g/mol. The fourth-order valence-electron chi connectivity index (χ4n) is 4.32. The van der Waals surface area contributed by atoms with Crippen molar-refractivity contribution in [2.45, 2.75) is 104 Å². The van der Waals surface area contributed by atoms with Gasteiger partial charge in [-0.05, 0) is 57.8 Å². The molecule has 184 valence electrons. The number of amides is 3. The van der Waals surface area contributed by atoms with Crippen molar-refractivity contribution in [3.8, 4) is 0 Å². The van der Waals surface area contributed by atoms with Gasteiger partial charge in [0.05, 0.1) is 6.04 Å². The van der Waals surface area contributed by atoms with E-state index in [9.17, 15) is 24.3 Å². The number of piperidine rings is 1. The molecule has 1 saturated heterocycles. The molecule has 1 aliphatic rings. The number of rotatable bonds is 9. The molecule has 0 aromatic rings. The molecule has 1 aliphatic heterocycles. The highest BCUT2D eigenvalue weighted by Crippen LogP contribution is 2.27. The molecule has 0 saturated carbocycles. The van der Waals surface area contributed by atoms with E-state index in [-0.39, 0.29) is 36.8 Å². The fourth-order valence-corrected chi connectivity index (χ4v) is 4.32. The van der Waals surface area contributed by atoms with Gasteiger partial charge in [-0.15, -0.1) is 0 Å². The summed E-state index contributed by atoms with van der Waals surface area (Å²) < 4.78 is 0. The summed E-state index contributed by atoms with van der Waals surface area (Å²) in [5, 5.41) is 19.0. The van der Waals surface area contributed by atoms with Gasteiger partial charge in [-0.2, -0.15) is 0 Å². The van der Waals surface area contributed by atoms with Gasteiger partial charge in [0.1, 0.15) is 12.6 Å². The van der Waals surface area contributed by atoms with Crippen molar-refractivity contribution in [2.75, 3.05) is 6.61 Å². The summed E-state index contributed by atoms with van der Waals surface area (Å²) in [5.74, 6) is -3.05. The number of urea groups is 1. The normalized spacial score (nSPS) is 22.1. The van der Waals surface area contributed by atoms with Crippen molar-refractivity contribution in [3.63, 3.8) is 0 Å². The molecule has 0 spiro atoms. The van der Waals surface area contributed by atoms with Crippen LogP contribution in [0.1, 0.15) is 80.1 Å². The van der Waals surface area contributed by atoms with Crippen LogP contribution in [0.2, 0.25) is 0 Å². The molecule has 5 atom stereocenters. The van der Waals surface area contributed by atoms with E-state index in [1.165, 1.54) is 0 Å². The minimum absolute atomic E-state index is 0.0987. The Morgan fingerprint density at radius 1 is 1.09 bits per heavy atom. The number of aliphatic hydroxyl groups is 1. The number of aliphatic hydroxyl groups excluding tert-OH is 1. The third-order valence-electron chi connectivity index (χ3n) is 6.18. The minimum Gasteiger partial charge on any atom is -0.480 e. The van der Waals surface area contributed by atoms with Gasteiger partial charge in [-0.3, -0.25) is 9.59 Å². The summed E-state index contributed by atoms with van der Waals surface area (Å²) in [7, 11) is 0. The highest BCUT2D eigenvalue weighted by atomic mass is 16.4. The number of carboxylic acid groups (broad SMARTS) is 1. The zero-order valence-electron chi connectivity index (χ0n) is 20.3. The zero-order valence-corrected chi connectivity index (χ0v) is 20.3. The standard InChI is InChI=1S/C23H41N3O6/c1-14(19(28)13-27)10-11-18(21(30)31)26(20(29)17(24)12-23(4,5)6)22(32)25-15(2)8-7-9-16(25)3/h14-18,27H,7-13,24H2,1-6H3,(H,30,31)/t14?,15-,16+,17-,18+/m0/s1. The molecule has 1 heterocycles. The fraction of sp³-hybridized carbons (Fsp3) is 0.826. The van der Waals surface area contributed by atoms with Gasteiger partial charge >= 0.3 is 12.0 Å². The smallest absolute Gasteiger partial charge is 0.328 e. The van der Waals surface area contributed by atoms with Gasteiger partial charge in [-0.25, -0.2) is 14.5 Å². The quantitative estimate of drug-likeness (QED) is 0.485. The van der Waals surface area contributed by atoms with Crippen LogP contribution in [0.5, 0.6) is 0 Å². The number of hydrogen-bond donors (Lipinski definition) is 3. The zero-order chi connectivity index (χ0) is 24.8. The molecule has 0 aromatic carbocycles. The van der Waals surface area contributed by atoms with E-state index in [2.05, 4.69) is 0 Å². The molecule has 9 heteroatoms. The average Bonchev–Trinajstić information content (AvgIpc) is 2.67. The molecular formula is C23H41N3O6. The highest BCUT2D eigenvalue weighted by Gasteiger charge is 2.43. The lowest BCUT2D eigenvalue weighted by atomic mass is 9.87. The predicted octanol–water partition coefficient (Wildman–Crippen LogP) is 2.39. The minimum atomic E-state index is -1.45. The molecule has 1 fully saturated rings. The van der Waals surface area contributed by atoms with Crippen LogP contribution in [0.3, 0.4) is 0 Å². The summed E-state index contributed by atoms with van der Waals surface area (Å²) in [5.41, 5.74) is 5.87. The summed E-state index contributed by atoms with van der Waals surface area (Å²) in [4.78, 5) is 53.4. The first-order chi connectivity index (χ1) is 14.7. The SMILES string of the molecule is CC(CC[C@H](C(=O)O)N(C(=O)[C@@H](N)CC(C)(C)C)C(=O)N1[C@H](C)CCC[C@@H]1C)C(=O)CO. The third-order valence-corrected chi connectivity index (χ3v) is 6.18. The van der Waals surface area contributed by atoms with Crippen molar-refractivity contribution in [2.24, 2.45) is 17.1 Å². The molecule has 0 aliphatic carbocycles. The molecule has 9 nitrogen and oxygen atoms in total. The first-order valence-electron chi connectivity index (χ1n) is 11.5. The Hall–Kier alpha value is -2.00. The third kappa shape index (κ3) is 7.55. The Balaban J connectivity index is 3.31. The summed E-state index contributed by atoms with van der Waals surface area (Å²) in [6.45, 7) is 10.5. The Kier molecular flexibility index (Phi) is 10.3. The number of imide groups is 1. The molecule has 0 radical (unpaired) electrons. The number of nitrogens with zero attached hydrogens (tertiary/aromatic N) is 2. The Morgan fingerprint density at radius 3 is 2.06 bits per heavy atom. The van der Waals surface area contributed by atoms with E-state index in [1.807, 2.05) is 34.6 Å². The van der Waals surface area contributed by atoms with Crippen LogP contribution in [0.25, 0.3) is 0 Å². The highest BCUT2D eigenvalue weighted by molar-refractivity contribution is 6.01. The van der Waals surface area contributed by atoms with Gasteiger partial charge in [0.2, 0.25) is 5.91 Å². The van der Waals surface area contributed by atoms with Gasteiger partial charge in [0, 0.05) is 18.0 Å². The molecule has 4 N–H and O–H groups in total. The first kappa shape index (κ1) is 28.0. The Bertz CT molecular complexity index is 680. The van der Waals surface area contributed by atoms with Gasteiger partial charge < -0.3 is 20.8 Å². The predicted molar refractivity (Wildman–Crippen MR) is 121 cm³/mol. The number of carboxylic acids is 1. The van der Waals surface area contributed by atoms with E-state index < -0.39 is 48.3 Å². The van der Waals surface area contributed by atoms with Crippen molar-refractivity contribution in [3.05, 3.63) is 0 Å². The number of ketones is 1. The Morgan fingerprint density at radius 2 is 1.62 bits per heavy atom. The van der Waals surface area contributed by atoms with E-state index in [1.54, 1.807) is 11.8 Å². The maximum Gasteiger partial charge on any atom is 0.328 e. The van der Waals surface area contributed by atoms with E-state index in [0.717, 1.165) is 24.2 Å². The van der Waals surface area contributed by atoms with Crippen LogP contribution >= 0.6 is 0 Å². The maximum atomic E-state index is 13.6. The molecule has 1 rings (SSSR count). The number of hydrogen-bond acceptors (Lipinski definition) is 6. The van der Waals surface area contributed by atoms with E-state index in [0.29, 0.717) is 0 Å². The molecule has 1 unspecified atom stereocenters. The van der Waals surface area contributed by atoms with Crippen LogP contribution in [0, 0.1) is 11.3 Å². The number of likely N-dealkylation sites (tertiary alicyclic amines) is 1. The molecule has 0 bridgehead atoms. The molecule has 0 aromatic heterocycles. The van der Waals surface area contributed by atoms with Crippen LogP contribution in [0.15, 0.2) is 0 Å². The number of carbonyl (C=O) groups excluding carboxylic acids is 3. The second kappa shape index (κ2) is 11.7. The number of nitrogens with two attached hydrogens (primary N) is 1.